The minimum absolute atomic E-state index is 0.0792. The number of hydrogen-bond donors (Lipinski definition) is 1. The highest BCUT2D eigenvalue weighted by Gasteiger charge is 2.26. The van der Waals surface area contributed by atoms with Crippen LogP contribution in [-0.4, -0.2) is 44.0 Å². The summed E-state index contributed by atoms with van der Waals surface area (Å²) in [5.41, 5.74) is 1.17. The third-order valence-electron chi connectivity index (χ3n) is 3.45. The Morgan fingerprint density at radius 3 is 2.52 bits per heavy atom. The summed E-state index contributed by atoms with van der Waals surface area (Å²) >= 11 is 0. The van der Waals surface area contributed by atoms with Crippen molar-refractivity contribution < 1.29 is 13.2 Å². The van der Waals surface area contributed by atoms with Gasteiger partial charge in [0.2, 0.25) is 15.9 Å². The zero-order valence-electron chi connectivity index (χ0n) is 12.3. The standard InChI is InChI=1S/C15H22N2O3S/c1-21(19,20)17(12-15(18)16-14-9-10-14)11-5-8-13-6-3-2-4-7-13/h2-4,6-7,14H,5,8-12H2,1H3,(H,16,18). The Hall–Kier alpha value is -1.40. The van der Waals surface area contributed by atoms with E-state index in [1.807, 2.05) is 30.3 Å². The second-order valence-electron chi connectivity index (χ2n) is 5.53. The van der Waals surface area contributed by atoms with E-state index in [9.17, 15) is 13.2 Å². The molecule has 0 heterocycles. The number of nitrogens with zero attached hydrogens (tertiary/aromatic N) is 1. The predicted molar refractivity (Wildman–Crippen MR) is 82.3 cm³/mol. The molecule has 1 aliphatic carbocycles. The molecule has 116 valence electrons. The highest BCUT2D eigenvalue weighted by molar-refractivity contribution is 7.88. The van der Waals surface area contributed by atoms with E-state index in [1.165, 1.54) is 9.87 Å². The van der Waals surface area contributed by atoms with Crippen molar-refractivity contribution in [2.45, 2.75) is 31.7 Å². The first-order chi connectivity index (χ1) is 9.95. The van der Waals surface area contributed by atoms with E-state index >= 15 is 0 Å². The van der Waals surface area contributed by atoms with Gasteiger partial charge in [-0.15, -0.1) is 0 Å². The van der Waals surface area contributed by atoms with Crippen LogP contribution in [0.2, 0.25) is 0 Å². The van der Waals surface area contributed by atoms with Gasteiger partial charge in [-0.05, 0) is 31.2 Å². The van der Waals surface area contributed by atoms with Gasteiger partial charge in [0.1, 0.15) is 0 Å². The smallest absolute Gasteiger partial charge is 0.235 e. The van der Waals surface area contributed by atoms with Gasteiger partial charge in [0, 0.05) is 12.6 Å². The van der Waals surface area contributed by atoms with Crippen molar-refractivity contribution in [1.29, 1.82) is 0 Å². The molecule has 0 spiro atoms. The number of amides is 1. The Labute approximate surface area is 126 Å². The number of aryl methyl sites for hydroxylation is 1. The fourth-order valence-electron chi connectivity index (χ4n) is 2.13. The van der Waals surface area contributed by atoms with Crippen molar-refractivity contribution in [3.05, 3.63) is 35.9 Å². The lowest BCUT2D eigenvalue weighted by atomic mass is 10.1. The lowest BCUT2D eigenvalue weighted by Gasteiger charge is -2.19. The first-order valence-electron chi connectivity index (χ1n) is 7.23. The molecule has 0 saturated heterocycles. The monoisotopic (exact) mass is 310 g/mol. The van der Waals surface area contributed by atoms with E-state index in [4.69, 9.17) is 0 Å². The molecule has 1 aliphatic rings. The van der Waals surface area contributed by atoms with Gasteiger partial charge in [-0.25, -0.2) is 8.42 Å². The summed E-state index contributed by atoms with van der Waals surface area (Å²) in [6.45, 7) is 0.288. The molecule has 1 N–H and O–H groups in total. The van der Waals surface area contributed by atoms with Gasteiger partial charge in [0.05, 0.1) is 12.8 Å². The van der Waals surface area contributed by atoms with Crippen LogP contribution >= 0.6 is 0 Å². The highest BCUT2D eigenvalue weighted by atomic mass is 32.2. The molecule has 0 unspecified atom stereocenters. The number of carbonyl (C=O) groups is 1. The van der Waals surface area contributed by atoms with Crippen LogP contribution in [0.1, 0.15) is 24.8 Å². The van der Waals surface area contributed by atoms with E-state index in [0.717, 1.165) is 25.5 Å². The van der Waals surface area contributed by atoms with Crippen molar-refractivity contribution in [1.82, 2.24) is 9.62 Å². The van der Waals surface area contributed by atoms with E-state index in [1.54, 1.807) is 0 Å². The summed E-state index contributed by atoms with van der Waals surface area (Å²) in [4.78, 5) is 11.8. The van der Waals surface area contributed by atoms with Crippen LogP contribution in [0.3, 0.4) is 0 Å². The molecule has 5 nitrogen and oxygen atoms in total. The fourth-order valence-corrected chi connectivity index (χ4v) is 2.94. The highest BCUT2D eigenvalue weighted by Crippen LogP contribution is 2.18. The molecule has 1 aromatic carbocycles. The number of benzene rings is 1. The zero-order chi connectivity index (χ0) is 15.3. The Balaban J connectivity index is 1.83. The maximum atomic E-state index is 11.8. The Morgan fingerprint density at radius 1 is 1.29 bits per heavy atom. The second kappa shape index (κ2) is 7.04. The third kappa shape index (κ3) is 5.85. The zero-order valence-corrected chi connectivity index (χ0v) is 13.1. The maximum absolute atomic E-state index is 11.8. The second-order valence-corrected chi connectivity index (χ2v) is 7.51. The summed E-state index contributed by atoms with van der Waals surface area (Å²) < 4.78 is 24.8. The van der Waals surface area contributed by atoms with Crippen LogP contribution in [0.5, 0.6) is 0 Å². The molecule has 21 heavy (non-hydrogen) atoms. The van der Waals surface area contributed by atoms with E-state index in [-0.39, 0.29) is 18.5 Å². The molecule has 0 atom stereocenters. The Bertz CT molecular complexity index is 568. The predicted octanol–water partition coefficient (Wildman–Crippen LogP) is 1.16. The largest absolute Gasteiger partial charge is 0.352 e. The molecular formula is C15H22N2O3S. The summed E-state index contributed by atoms with van der Waals surface area (Å²) in [6, 6.07) is 10.2. The average molecular weight is 310 g/mol. The average Bonchev–Trinajstić information content (AvgIpc) is 3.21. The molecule has 0 aromatic heterocycles. The molecule has 2 rings (SSSR count). The molecule has 1 amide bonds. The minimum Gasteiger partial charge on any atom is -0.352 e. The van der Waals surface area contributed by atoms with Crippen molar-refractivity contribution >= 4 is 15.9 Å². The number of carbonyl (C=O) groups excluding carboxylic acids is 1. The van der Waals surface area contributed by atoms with Gasteiger partial charge in [0.15, 0.2) is 0 Å². The summed E-state index contributed by atoms with van der Waals surface area (Å²) in [5.74, 6) is -0.206. The van der Waals surface area contributed by atoms with Crippen LogP contribution in [0.25, 0.3) is 0 Å². The van der Waals surface area contributed by atoms with Gasteiger partial charge >= 0.3 is 0 Å². The van der Waals surface area contributed by atoms with E-state index in [2.05, 4.69) is 5.32 Å². The van der Waals surface area contributed by atoms with Gasteiger partial charge in [-0.2, -0.15) is 4.31 Å². The van der Waals surface area contributed by atoms with Crippen LogP contribution in [0.4, 0.5) is 0 Å². The van der Waals surface area contributed by atoms with Crippen LogP contribution in [0.15, 0.2) is 30.3 Å². The van der Waals surface area contributed by atoms with Gasteiger partial charge < -0.3 is 5.32 Å². The van der Waals surface area contributed by atoms with Crippen LogP contribution < -0.4 is 5.32 Å². The quantitative estimate of drug-likeness (QED) is 0.783. The molecule has 0 bridgehead atoms. The third-order valence-corrected chi connectivity index (χ3v) is 4.70. The SMILES string of the molecule is CS(=O)(=O)N(CCCc1ccccc1)CC(=O)NC1CC1. The number of nitrogens with one attached hydrogen (secondary N) is 1. The van der Waals surface area contributed by atoms with Crippen molar-refractivity contribution in [2.75, 3.05) is 19.3 Å². The molecular weight excluding hydrogens is 288 g/mol. The topological polar surface area (TPSA) is 66.5 Å². The summed E-state index contributed by atoms with van der Waals surface area (Å²) in [6.07, 6.45) is 4.65. The molecule has 0 aliphatic heterocycles. The minimum atomic E-state index is -3.36. The van der Waals surface area contributed by atoms with E-state index < -0.39 is 10.0 Å². The first kappa shape index (κ1) is 16.0. The molecule has 1 fully saturated rings. The Kier molecular flexibility index (Phi) is 5.36. The maximum Gasteiger partial charge on any atom is 0.235 e. The molecule has 1 saturated carbocycles. The molecule has 1 aromatic rings. The molecule has 6 heteroatoms. The fraction of sp³-hybridized carbons (Fsp3) is 0.533. The first-order valence-corrected chi connectivity index (χ1v) is 9.08. The summed E-state index contributed by atoms with van der Waals surface area (Å²) in [5, 5.41) is 2.82. The van der Waals surface area contributed by atoms with E-state index in [0.29, 0.717) is 13.0 Å². The van der Waals surface area contributed by atoms with Crippen LogP contribution in [-0.2, 0) is 21.2 Å². The number of hydrogen-bond acceptors (Lipinski definition) is 3. The number of rotatable bonds is 8. The normalized spacial score (nSPS) is 15.1. The molecule has 0 radical (unpaired) electrons. The lowest BCUT2D eigenvalue weighted by molar-refractivity contribution is -0.121. The van der Waals surface area contributed by atoms with Gasteiger partial charge in [-0.3, -0.25) is 4.79 Å². The van der Waals surface area contributed by atoms with Crippen LogP contribution in [0, 0.1) is 0 Å². The Morgan fingerprint density at radius 2 is 1.95 bits per heavy atom. The van der Waals surface area contributed by atoms with Crippen molar-refractivity contribution in [3.8, 4) is 0 Å². The summed E-state index contributed by atoms with van der Waals surface area (Å²) in [7, 11) is -3.36. The van der Waals surface area contributed by atoms with Crippen molar-refractivity contribution in [3.63, 3.8) is 0 Å². The number of sulfonamides is 1. The van der Waals surface area contributed by atoms with Crippen molar-refractivity contribution in [2.24, 2.45) is 0 Å². The van der Waals surface area contributed by atoms with Gasteiger partial charge in [-0.1, -0.05) is 30.3 Å². The van der Waals surface area contributed by atoms with Gasteiger partial charge in [0.25, 0.3) is 0 Å². The lowest BCUT2D eigenvalue weighted by Crippen LogP contribution is -2.41.